The predicted molar refractivity (Wildman–Crippen MR) is 87.0 cm³/mol. The molecule has 1 atom stereocenters. The number of anilines is 2. The summed E-state index contributed by atoms with van der Waals surface area (Å²) in [4.78, 5) is 14.2. The fourth-order valence-corrected chi connectivity index (χ4v) is 3.59. The first-order valence-corrected chi connectivity index (χ1v) is 8.32. The minimum atomic E-state index is -0.460. The monoisotopic (exact) mass is 311 g/mol. The second-order valence-corrected chi connectivity index (χ2v) is 6.65. The molecule has 1 aliphatic heterocycles. The van der Waals surface area contributed by atoms with Gasteiger partial charge in [0.1, 0.15) is 5.82 Å². The highest BCUT2D eigenvalue weighted by atomic mass is 32.2. The lowest BCUT2D eigenvalue weighted by molar-refractivity contribution is -0.116. The number of carbonyl (C=O) groups is 1. The number of hydrogen-bond donors (Lipinski definition) is 2. The van der Waals surface area contributed by atoms with E-state index in [-0.39, 0.29) is 11.6 Å². The van der Waals surface area contributed by atoms with Crippen molar-refractivity contribution in [2.24, 2.45) is 0 Å². The smallest absolute Gasteiger partial charge is 0.225 e. The number of rotatable bonds is 5. The van der Waals surface area contributed by atoms with Crippen molar-refractivity contribution in [3.63, 3.8) is 0 Å². The van der Waals surface area contributed by atoms with E-state index in [0.29, 0.717) is 23.9 Å². The second-order valence-electron chi connectivity index (χ2n) is 5.24. The van der Waals surface area contributed by atoms with Gasteiger partial charge in [-0.3, -0.25) is 4.79 Å². The van der Waals surface area contributed by atoms with Crippen LogP contribution in [0, 0.1) is 5.82 Å². The van der Waals surface area contributed by atoms with Gasteiger partial charge >= 0.3 is 0 Å². The Kier molecular flexibility index (Phi) is 5.87. The number of nitrogens with one attached hydrogen (secondary N) is 1. The van der Waals surface area contributed by atoms with E-state index in [1.807, 2.05) is 11.8 Å². The normalized spacial score (nSPS) is 19.4. The van der Waals surface area contributed by atoms with Gasteiger partial charge in [-0.05, 0) is 24.6 Å². The highest BCUT2D eigenvalue weighted by Gasteiger charge is 2.19. The number of benzene rings is 1. The molecule has 1 aliphatic rings. The maximum Gasteiger partial charge on any atom is 0.225 e. The number of amides is 1. The minimum Gasteiger partial charge on any atom is -0.399 e. The van der Waals surface area contributed by atoms with Crippen molar-refractivity contribution in [1.82, 2.24) is 4.90 Å². The van der Waals surface area contributed by atoms with Crippen molar-refractivity contribution < 1.29 is 9.18 Å². The van der Waals surface area contributed by atoms with Crippen LogP contribution in [0.3, 0.4) is 0 Å². The van der Waals surface area contributed by atoms with Crippen LogP contribution >= 0.6 is 11.8 Å². The van der Waals surface area contributed by atoms with Crippen molar-refractivity contribution in [3.8, 4) is 0 Å². The molecule has 0 saturated carbocycles. The molecule has 21 heavy (non-hydrogen) atoms. The molecule has 3 N–H and O–H groups in total. The molecule has 2 rings (SSSR count). The van der Waals surface area contributed by atoms with Gasteiger partial charge in [-0.15, -0.1) is 0 Å². The van der Waals surface area contributed by atoms with E-state index < -0.39 is 5.82 Å². The van der Waals surface area contributed by atoms with Gasteiger partial charge in [-0.2, -0.15) is 11.8 Å². The molecule has 0 aromatic heterocycles. The summed E-state index contributed by atoms with van der Waals surface area (Å²) >= 11 is 2.00. The fraction of sp³-hybridized carbons (Fsp3) is 0.533. The molecule has 6 heteroatoms. The molecule has 1 aromatic carbocycles. The Hall–Kier alpha value is -1.27. The standard InChI is InChI=1S/C15H22FN3OS/c1-2-12-10-19(7-8-21-12)6-5-15(20)18-14-9-11(17)3-4-13(14)16/h3-4,9,12H,2,5-8,10,17H2,1H3,(H,18,20). The van der Waals surface area contributed by atoms with Gasteiger partial charge in [0, 0.05) is 42.7 Å². The zero-order valence-electron chi connectivity index (χ0n) is 12.3. The first kappa shape index (κ1) is 16.1. The molecular formula is C15H22FN3OS. The number of thioether (sulfide) groups is 1. The maximum atomic E-state index is 13.5. The van der Waals surface area contributed by atoms with Crippen molar-refractivity contribution in [2.45, 2.75) is 25.0 Å². The van der Waals surface area contributed by atoms with E-state index in [2.05, 4.69) is 17.1 Å². The Bertz CT molecular complexity index is 498. The Labute approximate surface area is 129 Å². The number of carbonyl (C=O) groups excluding carboxylic acids is 1. The third-order valence-electron chi connectivity index (χ3n) is 3.60. The summed E-state index contributed by atoms with van der Waals surface area (Å²) in [6, 6.07) is 4.18. The van der Waals surface area contributed by atoms with Gasteiger partial charge in [-0.1, -0.05) is 6.92 Å². The molecule has 1 saturated heterocycles. The lowest BCUT2D eigenvalue weighted by Crippen LogP contribution is -2.39. The summed E-state index contributed by atoms with van der Waals surface area (Å²) < 4.78 is 13.5. The topological polar surface area (TPSA) is 58.4 Å². The SMILES string of the molecule is CCC1CN(CCC(=O)Nc2cc(N)ccc2F)CCS1. The van der Waals surface area contributed by atoms with Crippen molar-refractivity contribution in [3.05, 3.63) is 24.0 Å². The molecule has 0 spiro atoms. The molecule has 0 radical (unpaired) electrons. The van der Waals surface area contributed by atoms with Crippen LogP contribution in [0.25, 0.3) is 0 Å². The van der Waals surface area contributed by atoms with Gasteiger partial charge in [0.05, 0.1) is 5.69 Å². The number of nitrogen functional groups attached to an aromatic ring is 1. The summed E-state index contributed by atoms with van der Waals surface area (Å²) in [6.45, 7) is 4.95. The van der Waals surface area contributed by atoms with Crippen LogP contribution in [0.1, 0.15) is 19.8 Å². The van der Waals surface area contributed by atoms with E-state index >= 15 is 0 Å². The van der Waals surface area contributed by atoms with Gasteiger partial charge < -0.3 is 16.0 Å². The first-order valence-electron chi connectivity index (χ1n) is 7.27. The van der Waals surface area contributed by atoms with Crippen LogP contribution < -0.4 is 11.1 Å². The Morgan fingerprint density at radius 3 is 3.14 bits per heavy atom. The van der Waals surface area contributed by atoms with E-state index in [9.17, 15) is 9.18 Å². The van der Waals surface area contributed by atoms with Crippen LogP contribution in [0.5, 0.6) is 0 Å². The largest absolute Gasteiger partial charge is 0.399 e. The van der Waals surface area contributed by atoms with Crippen molar-refractivity contribution >= 4 is 29.0 Å². The predicted octanol–water partition coefficient (Wildman–Crippen LogP) is 2.56. The molecule has 4 nitrogen and oxygen atoms in total. The van der Waals surface area contributed by atoms with Gasteiger partial charge in [0.2, 0.25) is 5.91 Å². The first-order chi connectivity index (χ1) is 10.1. The summed E-state index contributed by atoms with van der Waals surface area (Å²) in [6.07, 6.45) is 1.53. The van der Waals surface area contributed by atoms with Gasteiger partial charge in [0.25, 0.3) is 0 Å². The lowest BCUT2D eigenvalue weighted by atomic mass is 10.2. The molecule has 0 bridgehead atoms. The van der Waals surface area contributed by atoms with Crippen LogP contribution in [-0.4, -0.2) is 41.4 Å². The quantitative estimate of drug-likeness (QED) is 0.821. The van der Waals surface area contributed by atoms with Crippen LogP contribution in [-0.2, 0) is 4.79 Å². The van der Waals surface area contributed by atoms with Gasteiger partial charge in [-0.25, -0.2) is 4.39 Å². The third-order valence-corrected chi connectivity index (χ3v) is 4.97. The molecule has 1 heterocycles. The average Bonchev–Trinajstić information content (AvgIpc) is 2.49. The molecule has 1 aromatic rings. The molecule has 1 amide bonds. The zero-order valence-corrected chi connectivity index (χ0v) is 13.1. The number of hydrogen-bond acceptors (Lipinski definition) is 4. The Balaban J connectivity index is 1.80. The van der Waals surface area contributed by atoms with Crippen molar-refractivity contribution in [1.29, 1.82) is 0 Å². The van der Waals surface area contributed by atoms with E-state index in [4.69, 9.17) is 5.73 Å². The third kappa shape index (κ3) is 4.89. The summed E-state index contributed by atoms with van der Waals surface area (Å²) in [5.74, 6) is 0.480. The molecule has 1 fully saturated rings. The van der Waals surface area contributed by atoms with E-state index in [1.54, 1.807) is 0 Å². The Morgan fingerprint density at radius 1 is 1.57 bits per heavy atom. The van der Waals surface area contributed by atoms with Crippen LogP contribution in [0.4, 0.5) is 15.8 Å². The van der Waals surface area contributed by atoms with Crippen LogP contribution in [0.15, 0.2) is 18.2 Å². The van der Waals surface area contributed by atoms with Gasteiger partial charge in [0.15, 0.2) is 0 Å². The van der Waals surface area contributed by atoms with Crippen molar-refractivity contribution in [2.75, 3.05) is 36.4 Å². The summed E-state index contributed by atoms with van der Waals surface area (Å²) in [5.41, 5.74) is 6.19. The molecule has 116 valence electrons. The fourth-order valence-electron chi connectivity index (χ4n) is 2.34. The molecule has 1 unspecified atom stereocenters. The van der Waals surface area contributed by atoms with E-state index in [1.165, 1.54) is 18.2 Å². The second kappa shape index (κ2) is 7.66. The molecular weight excluding hydrogens is 289 g/mol. The number of nitrogens with two attached hydrogens (primary N) is 1. The number of halogens is 1. The Morgan fingerprint density at radius 2 is 2.38 bits per heavy atom. The van der Waals surface area contributed by atoms with Crippen LogP contribution in [0.2, 0.25) is 0 Å². The zero-order chi connectivity index (χ0) is 15.2. The lowest BCUT2D eigenvalue weighted by Gasteiger charge is -2.31. The summed E-state index contributed by atoms with van der Waals surface area (Å²) in [7, 11) is 0. The number of nitrogens with zero attached hydrogens (tertiary/aromatic N) is 1. The highest BCUT2D eigenvalue weighted by molar-refractivity contribution is 8.00. The highest BCUT2D eigenvalue weighted by Crippen LogP contribution is 2.21. The minimum absolute atomic E-state index is 0.153. The summed E-state index contributed by atoms with van der Waals surface area (Å²) in [5, 5.41) is 3.25. The van der Waals surface area contributed by atoms with E-state index in [0.717, 1.165) is 25.3 Å². The average molecular weight is 311 g/mol. The maximum absolute atomic E-state index is 13.5. The molecule has 0 aliphatic carbocycles.